The molecule has 11 heavy (non-hydrogen) atoms. The molecule has 5 heteroatoms. The summed E-state index contributed by atoms with van der Waals surface area (Å²) in [4.78, 5) is 0. The maximum absolute atomic E-state index is 10.8. The quantitative estimate of drug-likeness (QED) is 0.638. The van der Waals surface area contributed by atoms with Gasteiger partial charge in [0.2, 0.25) is 0 Å². The van der Waals surface area contributed by atoms with Crippen LogP contribution in [0.1, 0.15) is 19.8 Å². The Kier molecular flexibility index (Phi) is 2.46. The molecule has 1 fully saturated rings. The molecule has 1 aliphatic rings. The molecule has 0 radical (unpaired) electrons. The third kappa shape index (κ3) is 2.32. The molecule has 0 N–H and O–H groups in total. The maximum Gasteiger partial charge on any atom is 0.299 e. The Balaban J connectivity index is 2.59. The first-order valence-electron chi connectivity index (χ1n) is 3.60. The summed E-state index contributed by atoms with van der Waals surface area (Å²) in [6, 6.07) is 0.0532. The lowest BCUT2D eigenvalue weighted by atomic mass is 10.2. The number of hydrogen-bond donors (Lipinski definition) is 0. The SMILES string of the molecule is CC(C1CC1)N(C)S(=O)(=O)Cl. The lowest BCUT2D eigenvalue weighted by molar-refractivity contribution is 0.364. The summed E-state index contributed by atoms with van der Waals surface area (Å²) >= 11 is 0. The zero-order valence-corrected chi connectivity index (χ0v) is 8.19. The largest absolute Gasteiger partial charge is 0.299 e. The van der Waals surface area contributed by atoms with Crippen LogP contribution in [0.2, 0.25) is 0 Å². The van der Waals surface area contributed by atoms with Crippen LogP contribution in [0.25, 0.3) is 0 Å². The van der Waals surface area contributed by atoms with Gasteiger partial charge in [0.15, 0.2) is 0 Å². The van der Waals surface area contributed by atoms with Crippen LogP contribution >= 0.6 is 10.7 Å². The Morgan fingerprint density at radius 3 is 2.27 bits per heavy atom. The smallest absolute Gasteiger partial charge is 0.195 e. The average Bonchev–Trinajstić information content (AvgIpc) is 2.63. The molecule has 0 bridgehead atoms. The number of hydrogen-bond acceptors (Lipinski definition) is 2. The van der Waals surface area contributed by atoms with Crippen molar-refractivity contribution in [3.63, 3.8) is 0 Å². The highest BCUT2D eigenvalue weighted by atomic mass is 35.7. The van der Waals surface area contributed by atoms with Crippen molar-refractivity contribution in [2.75, 3.05) is 7.05 Å². The predicted molar refractivity (Wildman–Crippen MR) is 44.7 cm³/mol. The molecule has 1 atom stereocenters. The minimum absolute atomic E-state index is 0.0532. The second kappa shape index (κ2) is 2.92. The van der Waals surface area contributed by atoms with Crippen LogP contribution < -0.4 is 0 Å². The van der Waals surface area contributed by atoms with Gasteiger partial charge in [-0.2, -0.15) is 12.7 Å². The molecule has 0 aromatic heterocycles. The number of halogens is 1. The maximum atomic E-state index is 10.8. The summed E-state index contributed by atoms with van der Waals surface area (Å²) < 4.78 is 22.8. The second-order valence-corrected chi connectivity index (χ2v) is 5.61. The van der Waals surface area contributed by atoms with Crippen LogP contribution in [-0.2, 0) is 9.24 Å². The average molecular weight is 198 g/mol. The third-order valence-corrected chi connectivity index (χ3v) is 3.90. The van der Waals surface area contributed by atoms with Gasteiger partial charge in [0.25, 0.3) is 9.24 Å². The van der Waals surface area contributed by atoms with Gasteiger partial charge in [0.05, 0.1) is 0 Å². The van der Waals surface area contributed by atoms with Gasteiger partial charge in [-0.3, -0.25) is 0 Å². The summed E-state index contributed by atoms with van der Waals surface area (Å²) in [6.45, 7) is 1.89. The molecule has 1 saturated carbocycles. The van der Waals surface area contributed by atoms with Crippen LogP contribution in [0, 0.1) is 5.92 Å². The van der Waals surface area contributed by atoms with Crippen molar-refractivity contribution < 1.29 is 8.42 Å². The molecule has 1 unspecified atom stereocenters. The van der Waals surface area contributed by atoms with Gasteiger partial charge in [0.1, 0.15) is 0 Å². The summed E-state index contributed by atoms with van der Waals surface area (Å²) in [6.07, 6.45) is 2.25. The standard InChI is InChI=1S/C6H12ClNO2S/c1-5(6-3-4-6)8(2)11(7,9)10/h5-6H,3-4H2,1-2H3. The first-order valence-corrected chi connectivity index (χ1v) is 5.87. The molecule has 0 heterocycles. The van der Waals surface area contributed by atoms with Crippen LogP contribution in [0.3, 0.4) is 0 Å². The Morgan fingerprint density at radius 2 is 2.00 bits per heavy atom. The Bertz CT molecular complexity index is 235. The predicted octanol–water partition coefficient (Wildman–Crippen LogP) is 1.20. The van der Waals surface area contributed by atoms with Gasteiger partial charge in [-0.05, 0) is 25.7 Å². The van der Waals surface area contributed by atoms with Gasteiger partial charge in [0, 0.05) is 23.8 Å². The van der Waals surface area contributed by atoms with E-state index in [1.165, 1.54) is 11.4 Å². The van der Waals surface area contributed by atoms with Gasteiger partial charge in [-0.1, -0.05) is 0 Å². The summed E-state index contributed by atoms with van der Waals surface area (Å²) in [7, 11) is 3.17. The van der Waals surface area contributed by atoms with Crippen molar-refractivity contribution in [1.29, 1.82) is 0 Å². The van der Waals surface area contributed by atoms with Crippen LogP contribution in [0.15, 0.2) is 0 Å². The molecule has 0 aromatic rings. The van der Waals surface area contributed by atoms with Crippen molar-refractivity contribution in [2.45, 2.75) is 25.8 Å². The zero-order valence-electron chi connectivity index (χ0n) is 6.62. The van der Waals surface area contributed by atoms with E-state index in [2.05, 4.69) is 0 Å². The Labute approximate surface area is 71.9 Å². The number of rotatable bonds is 3. The molecular weight excluding hydrogens is 186 g/mol. The van der Waals surface area contributed by atoms with Crippen molar-refractivity contribution in [1.82, 2.24) is 4.31 Å². The fraction of sp³-hybridized carbons (Fsp3) is 1.00. The molecule has 3 nitrogen and oxygen atoms in total. The Hall–Kier alpha value is 0.200. The topological polar surface area (TPSA) is 37.4 Å². The van der Waals surface area contributed by atoms with Crippen molar-refractivity contribution >= 4 is 19.9 Å². The highest BCUT2D eigenvalue weighted by Gasteiger charge is 2.34. The van der Waals surface area contributed by atoms with E-state index in [1.807, 2.05) is 6.92 Å². The summed E-state index contributed by atoms with van der Waals surface area (Å²) in [5.74, 6) is 0.522. The van der Waals surface area contributed by atoms with Gasteiger partial charge in [-0.25, -0.2) is 0 Å². The lowest BCUT2D eigenvalue weighted by Crippen LogP contribution is -2.33. The summed E-state index contributed by atoms with van der Waals surface area (Å²) in [5.41, 5.74) is 0. The molecule has 0 spiro atoms. The van der Waals surface area contributed by atoms with E-state index < -0.39 is 9.24 Å². The third-order valence-electron chi connectivity index (χ3n) is 2.22. The zero-order chi connectivity index (χ0) is 8.65. The van der Waals surface area contributed by atoms with Gasteiger partial charge in [-0.15, -0.1) is 0 Å². The molecule has 1 aliphatic carbocycles. The number of nitrogens with zero attached hydrogens (tertiary/aromatic N) is 1. The van der Waals surface area contributed by atoms with Crippen LogP contribution in [0.4, 0.5) is 0 Å². The first-order chi connectivity index (χ1) is 4.93. The van der Waals surface area contributed by atoms with E-state index >= 15 is 0 Å². The van der Waals surface area contributed by atoms with E-state index in [4.69, 9.17) is 10.7 Å². The fourth-order valence-corrected chi connectivity index (χ4v) is 2.02. The van der Waals surface area contributed by atoms with E-state index in [-0.39, 0.29) is 6.04 Å². The van der Waals surface area contributed by atoms with E-state index in [1.54, 1.807) is 0 Å². The molecule has 0 amide bonds. The van der Waals surface area contributed by atoms with E-state index in [9.17, 15) is 8.42 Å². The van der Waals surface area contributed by atoms with Crippen molar-refractivity contribution in [2.24, 2.45) is 5.92 Å². The fourth-order valence-electron chi connectivity index (χ4n) is 1.07. The van der Waals surface area contributed by atoms with Crippen LogP contribution in [0.5, 0.6) is 0 Å². The molecule has 0 saturated heterocycles. The van der Waals surface area contributed by atoms with Gasteiger partial charge >= 0.3 is 0 Å². The molecule has 0 aliphatic heterocycles. The first kappa shape index (κ1) is 9.29. The highest BCUT2D eigenvalue weighted by Crippen LogP contribution is 2.35. The monoisotopic (exact) mass is 197 g/mol. The van der Waals surface area contributed by atoms with Crippen molar-refractivity contribution in [3.05, 3.63) is 0 Å². The van der Waals surface area contributed by atoms with E-state index in [0.717, 1.165) is 12.8 Å². The lowest BCUT2D eigenvalue weighted by Gasteiger charge is -2.19. The molecule has 0 aromatic carbocycles. The second-order valence-electron chi connectivity index (χ2n) is 3.04. The highest BCUT2D eigenvalue weighted by molar-refractivity contribution is 8.11. The van der Waals surface area contributed by atoms with Gasteiger partial charge < -0.3 is 0 Å². The van der Waals surface area contributed by atoms with Crippen LogP contribution in [-0.4, -0.2) is 25.8 Å². The molecular formula is C6H12ClNO2S. The van der Waals surface area contributed by atoms with E-state index in [0.29, 0.717) is 5.92 Å². The summed E-state index contributed by atoms with van der Waals surface area (Å²) in [5, 5.41) is 0. The molecule has 66 valence electrons. The minimum atomic E-state index is -3.50. The van der Waals surface area contributed by atoms with Crippen molar-refractivity contribution in [3.8, 4) is 0 Å². The minimum Gasteiger partial charge on any atom is -0.195 e. The molecule has 1 rings (SSSR count). The Morgan fingerprint density at radius 1 is 1.55 bits per heavy atom. The normalized spacial score (nSPS) is 22.2.